The molecule has 0 aliphatic rings. The van der Waals surface area contributed by atoms with E-state index in [2.05, 4.69) is 43.5 Å². The highest BCUT2D eigenvalue weighted by Gasteiger charge is 2.28. The summed E-state index contributed by atoms with van der Waals surface area (Å²) >= 11 is 0. The molecule has 0 heterocycles. The van der Waals surface area contributed by atoms with Gasteiger partial charge in [0.25, 0.3) is 0 Å². The molecule has 6 nitrogen and oxygen atoms in total. The van der Waals surface area contributed by atoms with Crippen molar-refractivity contribution in [2.45, 2.75) is 244 Å². The normalized spacial score (nSPS) is 14.4. The molecular formula is C44H85NO5. The minimum atomic E-state index is -1.25. The Morgan fingerprint density at radius 1 is 0.500 bits per heavy atom. The Morgan fingerprint density at radius 2 is 0.860 bits per heavy atom. The van der Waals surface area contributed by atoms with Gasteiger partial charge >= 0.3 is 0 Å². The quantitative estimate of drug-likeness (QED) is 0.0323. The second-order valence-electron chi connectivity index (χ2n) is 15.0. The van der Waals surface area contributed by atoms with E-state index in [0.717, 1.165) is 44.9 Å². The second kappa shape index (κ2) is 39.0. The molecule has 0 aliphatic carbocycles. The number of unbranched alkanes of at least 4 members (excludes halogenated alkanes) is 26. The number of aliphatic hydroxyl groups excluding tert-OH is 4. The van der Waals surface area contributed by atoms with Crippen LogP contribution in [-0.2, 0) is 4.79 Å². The van der Waals surface area contributed by atoms with E-state index in [9.17, 15) is 25.2 Å². The van der Waals surface area contributed by atoms with E-state index in [1.54, 1.807) is 0 Å². The fourth-order valence-electron chi connectivity index (χ4n) is 6.67. The summed E-state index contributed by atoms with van der Waals surface area (Å²) in [5.41, 5.74) is 0. The van der Waals surface area contributed by atoms with Crippen LogP contribution in [0.3, 0.4) is 0 Å². The van der Waals surface area contributed by atoms with Crippen molar-refractivity contribution in [2.75, 3.05) is 6.61 Å². The third-order valence-corrected chi connectivity index (χ3v) is 10.2. The van der Waals surface area contributed by atoms with Gasteiger partial charge in [0, 0.05) is 0 Å². The molecule has 5 N–H and O–H groups in total. The van der Waals surface area contributed by atoms with E-state index in [-0.39, 0.29) is 0 Å². The molecule has 296 valence electrons. The lowest BCUT2D eigenvalue weighted by atomic mass is 9.99. The molecule has 50 heavy (non-hydrogen) atoms. The highest BCUT2D eigenvalue weighted by Crippen LogP contribution is 2.16. The fraction of sp³-hybridized carbons (Fsp3) is 0.886. The number of hydrogen-bond donors (Lipinski definition) is 5. The van der Waals surface area contributed by atoms with Crippen LogP contribution in [0.25, 0.3) is 0 Å². The van der Waals surface area contributed by atoms with E-state index in [1.807, 2.05) is 0 Å². The molecule has 0 radical (unpaired) electrons. The lowest BCUT2D eigenvalue weighted by molar-refractivity contribution is -0.132. The van der Waals surface area contributed by atoms with Gasteiger partial charge in [0.2, 0.25) is 5.91 Å². The largest absolute Gasteiger partial charge is 0.394 e. The van der Waals surface area contributed by atoms with E-state index in [1.165, 1.54) is 148 Å². The Hall–Kier alpha value is -1.21. The molecule has 0 spiro atoms. The summed E-state index contributed by atoms with van der Waals surface area (Å²) < 4.78 is 0. The van der Waals surface area contributed by atoms with Crippen molar-refractivity contribution in [1.82, 2.24) is 5.32 Å². The molecule has 0 bridgehead atoms. The van der Waals surface area contributed by atoms with Crippen molar-refractivity contribution < 1.29 is 25.2 Å². The summed E-state index contributed by atoms with van der Waals surface area (Å²) in [5, 5.41) is 43.2. The molecule has 0 rings (SSSR count). The first-order valence-corrected chi connectivity index (χ1v) is 21.7. The van der Waals surface area contributed by atoms with Crippen LogP contribution >= 0.6 is 0 Å². The molecule has 0 aromatic rings. The number of nitrogens with one attached hydrogen (secondary N) is 1. The molecule has 4 atom stereocenters. The van der Waals surface area contributed by atoms with Gasteiger partial charge in [0.05, 0.1) is 18.8 Å². The zero-order valence-electron chi connectivity index (χ0n) is 33.2. The average molecular weight is 708 g/mol. The smallest absolute Gasteiger partial charge is 0.249 e. The van der Waals surface area contributed by atoms with Gasteiger partial charge in [-0.05, 0) is 44.9 Å². The molecule has 0 aromatic heterocycles. The Bertz CT molecular complexity index is 757. The first-order valence-electron chi connectivity index (χ1n) is 21.7. The monoisotopic (exact) mass is 708 g/mol. The van der Waals surface area contributed by atoms with Gasteiger partial charge in [0.1, 0.15) is 12.2 Å². The Morgan fingerprint density at radius 3 is 1.26 bits per heavy atom. The summed E-state index contributed by atoms with van der Waals surface area (Å²) in [6.07, 6.45) is 44.0. The maximum Gasteiger partial charge on any atom is 0.249 e. The number of carbonyl (C=O) groups is 1. The number of hydrogen-bond acceptors (Lipinski definition) is 5. The zero-order chi connectivity index (χ0) is 36.8. The number of amides is 1. The number of aliphatic hydroxyl groups is 4. The van der Waals surface area contributed by atoms with Gasteiger partial charge < -0.3 is 25.7 Å². The summed E-state index contributed by atoms with van der Waals surface area (Å²) in [6, 6.07) is -0.981. The summed E-state index contributed by atoms with van der Waals surface area (Å²) in [4.78, 5) is 12.4. The van der Waals surface area contributed by atoms with Gasteiger partial charge in [-0.2, -0.15) is 0 Å². The molecule has 0 saturated heterocycles. The Labute approximate surface area is 310 Å². The summed E-state index contributed by atoms with van der Waals surface area (Å²) in [6.45, 7) is 3.97. The molecule has 0 saturated carbocycles. The second-order valence-corrected chi connectivity index (χ2v) is 15.0. The first kappa shape index (κ1) is 48.8. The van der Waals surface area contributed by atoms with E-state index in [0.29, 0.717) is 12.8 Å². The molecule has 0 aromatic carbocycles. The summed E-state index contributed by atoms with van der Waals surface area (Å²) in [5.74, 6) is -0.589. The lowest BCUT2D eigenvalue weighted by Gasteiger charge is -2.27. The van der Waals surface area contributed by atoms with E-state index >= 15 is 0 Å². The van der Waals surface area contributed by atoms with Crippen LogP contribution in [-0.4, -0.2) is 57.3 Å². The lowest BCUT2D eigenvalue weighted by Crippen LogP contribution is -2.53. The van der Waals surface area contributed by atoms with Gasteiger partial charge in [-0.3, -0.25) is 4.79 Å². The zero-order valence-corrected chi connectivity index (χ0v) is 33.2. The first-order chi connectivity index (χ1) is 24.5. The van der Waals surface area contributed by atoms with Crippen LogP contribution < -0.4 is 5.32 Å². The van der Waals surface area contributed by atoms with Gasteiger partial charge in [0.15, 0.2) is 0 Å². The van der Waals surface area contributed by atoms with Crippen molar-refractivity contribution >= 4 is 5.91 Å². The molecule has 4 unspecified atom stereocenters. The van der Waals surface area contributed by atoms with Crippen molar-refractivity contribution in [3.05, 3.63) is 24.3 Å². The SMILES string of the molecule is CCCCCCCCCCC/C=C\C/C=C\CCCCCCCCCCCCCCC(O)C(=O)NC(CO)C(O)C(O)CCCCCCCC. The van der Waals surface area contributed by atoms with Crippen molar-refractivity contribution in [3.63, 3.8) is 0 Å². The van der Waals surface area contributed by atoms with Crippen LogP contribution in [0.15, 0.2) is 24.3 Å². The van der Waals surface area contributed by atoms with Gasteiger partial charge in [-0.1, -0.05) is 199 Å². The molecule has 6 heteroatoms. The highest BCUT2D eigenvalue weighted by molar-refractivity contribution is 5.80. The van der Waals surface area contributed by atoms with Crippen LogP contribution in [0.2, 0.25) is 0 Å². The predicted molar refractivity (Wildman–Crippen MR) is 214 cm³/mol. The molecule has 0 fully saturated rings. The van der Waals surface area contributed by atoms with E-state index < -0.39 is 36.9 Å². The van der Waals surface area contributed by atoms with Crippen LogP contribution in [0.5, 0.6) is 0 Å². The third-order valence-electron chi connectivity index (χ3n) is 10.2. The predicted octanol–water partition coefficient (Wildman–Crippen LogP) is 11.2. The van der Waals surface area contributed by atoms with Gasteiger partial charge in [-0.15, -0.1) is 0 Å². The fourth-order valence-corrected chi connectivity index (χ4v) is 6.67. The third kappa shape index (κ3) is 32.7. The van der Waals surface area contributed by atoms with Crippen molar-refractivity contribution in [1.29, 1.82) is 0 Å². The Kier molecular flexibility index (Phi) is 38.1. The summed E-state index contributed by atoms with van der Waals surface area (Å²) in [7, 11) is 0. The minimum absolute atomic E-state index is 0.368. The average Bonchev–Trinajstić information content (AvgIpc) is 3.12. The number of carbonyl (C=O) groups excluding carboxylic acids is 1. The van der Waals surface area contributed by atoms with Crippen LogP contribution in [0, 0.1) is 0 Å². The van der Waals surface area contributed by atoms with Crippen LogP contribution in [0.4, 0.5) is 0 Å². The van der Waals surface area contributed by atoms with Crippen molar-refractivity contribution in [2.24, 2.45) is 0 Å². The van der Waals surface area contributed by atoms with Crippen molar-refractivity contribution in [3.8, 4) is 0 Å². The minimum Gasteiger partial charge on any atom is -0.394 e. The van der Waals surface area contributed by atoms with E-state index in [4.69, 9.17) is 0 Å². The topological polar surface area (TPSA) is 110 Å². The molecule has 1 amide bonds. The standard InChI is InChI=1S/C44H85NO5/c1-3-5-7-9-11-12-13-14-15-16-17-18-19-20-21-22-23-24-25-26-27-28-29-30-31-32-34-36-38-42(48)44(50)45-40(39-46)43(49)41(47)37-35-33-10-8-6-4-2/h17-18,20-21,40-43,46-49H,3-16,19,22-39H2,1-2H3,(H,45,50)/b18-17-,21-20-. The van der Waals surface area contributed by atoms with Crippen LogP contribution in [0.1, 0.15) is 219 Å². The molecular weight excluding hydrogens is 622 g/mol. The van der Waals surface area contributed by atoms with Gasteiger partial charge in [-0.25, -0.2) is 0 Å². The molecule has 0 aliphatic heterocycles. The highest BCUT2D eigenvalue weighted by atomic mass is 16.3. The Balaban J connectivity index is 3.58. The maximum absolute atomic E-state index is 12.4. The maximum atomic E-state index is 12.4. The number of rotatable bonds is 39. The number of allylic oxidation sites excluding steroid dienone is 4.